The number of nitrogens with two attached hydrogens (primary N) is 1. The Hall–Kier alpha value is -1.94. The van der Waals surface area contributed by atoms with Crippen LogP contribution in [0.3, 0.4) is 0 Å². The highest BCUT2D eigenvalue weighted by Gasteiger charge is 2.10. The molecule has 0 aliphatic rings. The van der Waals surface area contributed by atoms with E-state index in [2.05, 4.69) is 23.0 Å². The van der Waals surface area contributed by atoms with Crippen molar-refractivity contribution in [3.8, 4) is 11.4 Å². The Labute approximate surface area is 109 Å². The first kappa shape index (κ1) is 11.2. The molecule has 2 aromatic heterocycles. The van der Waals surface area contributed by atoms with Crippen molar-refractivity contribution in [2.45, 2.75) is 13.3 Å². The molecule has 0 saturated heterocycles. The van der Waals surface area contributed by atoms with Crippen molar-refractivity contribution in [2.75, 3.05) is 5.73 Å². The Bertz CT molecular complexity index is 689. The summed E-state index contributed by atoms with van der Waals surface area (Å²) in [5, 5.41) is 0.969. The van der Waals surface area contributed by atoms with Gasteiger partial charge in [-0.25, -0.2) is 9.97 Å². The van der Waals surface area contributed by atoms with E-state index in [1.54, 1.807) is 11.3 Å². The van der Waals surface area contributed by atoms with Crippen LogP contribution in [0.15, 0.2) is 36.4 Å². The third-order valence-electron chi connectivity index (χ3n) is 2.85. The van der Waals surface area contributed by atoms with Crippen molar-refractivity contribution in [2.24, 2.45) is 0 Å². The lowest BCUT2D eigenvalue weighted by atomic mass is 10.2. The molecule has 2 N–H and O–H groups in total. The second-order valence-corrected chi connectivity index (χ2v) is 5.20. The van der Waals surface area contributed by atoms with E-state index in [1.165, 1.54) is 4.88 Å². The number of thiophene rings is 1. The molecule has 0 bridgehead atoms. The van der Waals surface area contributed by atoms with E-state index in [1.807, 2.05) is 30.3 Å². The van der Waals surface area contributed by atoms with Gasteiger partial charge in [0.1, 0.15) is 10.6 Å². The Kier molecular flexibility index (Phi) is 2.72. The molecule has 3 nitrogen and oxygen atoms in total. The highest BCUT2D eigenvalue weighted by Crippen LogP contribution is 2.30. The van der Waals surface area contributed by atoms with Gasteiger partial charge in [-0.1, -0.05) is 37.3 Å². The maximum Gasteiger partial charge on any atom is 0.163 e. The van der Waals surface area contributed by atoms with Crippen LogP contribution in [0.5, 0.6) is 0 Å². The highest BCUT2D eigenvalue weighted by atomic mass is 32.1. The Morgan fingerprint density at radius 1 is 1.17 bits per heavy atom. The van der Waals surface area contributed by atoms with Crippen LogP contribution in [0, 0.1) is 0 Å². The molecular weight excluding hydrogens is 242 g/mol. The van der Waals surface area contributed by atoms with E-state index in [9.17, 15) is 0 Å². The number of hydrogen-bond acceptors (Lipinski definition) is 4. The molecule has 0 saturated carbocycles. The summed E-state index contributed by atoms with van der Waals surface area (Å²) < 4.78 is 0. The summed E-state index contributed by atoms with van der Waals surface area (Å²) in [7, 11) is 0. The topological polar surface area (TPSA) is 51.8 Å². The van der Waals surface area contributed by atoms with E-state index in [0.717, 1.165) is 22.2 Å². The standard InChI is InChI=1S/C14H13N3S/c1-2-10-8-11-12(15)16-13(17-14(11)18-10)9-6-4-3-5-7-9/h3-8H,2H2,1H3,(H2,15,16,17). The van der Waals surface area contributed by atoms with Gasteiger partial charge in [-0.05, 0) is 12.5 Å². The zero-order valence-electron chi connectivity index (χ0n) is 10.1. The Balaban J connectivity index is 2.21. The first-order valence-corrected chi connectivity index (χ1v) is 6.71. The maximum absolute atomic E-state index is 6.02. The number of nitrogen functional groups attached to an aromatic ring is 1. The van der Waals surface area contributed by atoms with Crippen LogP contribution >= 0.6 is 11.3 Å². The van der Waals surface area contributed by atoms with Crippen molar-refractivity contribution in [1.82, 2.24) is 9.97 Å². The molecule has 0 unspecified atom stereocenters. The van der Waals surface area contributed by atoms with Crippen molar-refractivity contribution in [1.29, 1.82) is 0 Å². The molecule has 3 rings (SSSR count). The third-order valence-corrected chi connectivity index (χ3v) is 4.03. The second-order valence-electron chi connectivity index (χ2n) is 4.08. The van der Waals surface area contributed by atoms with Crippen LogP contribution in [0.1, 0.15) is 11.8 Å². The predicted octanol–water partition coefficient (Wildman–Crippen LogP) is 3.50. The van der Waals surface area contributed by atoms with Crippen LogP contribution in [0.4, 0.5) is 5.82 Å². The fourth-order valence-corrected chi connectivity index (χ4v) is 2.86. The van der Waals surface area contributed by atoms with Gasteiger partial charge in [0.05, 0.1) is 5.39 Å². The van der Waals surface area contributed by atoms with Crippen molar-refractivity contribution < 1.29 is 0 Å². The van der Waals surface area contributed by atoms with Crippen LogP contribution in [-0.2, 0) is 6.42 Å². The summed E-state index contributed by atoms with van der Waals surface area (Å²) in [6.07, 6.45) is 1.00. The number of benzene rings is 1. The van der Waals surface area contributed by atoms with Gasteiger partial charge in [0.25, 0.3) is 0 Å². The van der Waals surface area contributed by atoms with E-state index < -0.39 is 0 Å². The van der Waals surface area contributed by atoms with E-state index in [0.29, 0.717) is 11.6 Å². The van der Waals surface area contributed by atoms with Gasteiger partial charge in [0.2, 0.25) is 0 Å². The van der Waals surface area contributed by atoms with E-state index in [4.69, 9.17) is 5.73 Å². The summed E-state index contributed by atoms with van der Waals surface area (Å²) in [5.74, 6) is 1.26. The summed E-state index contributed by atoms with van der Waals surface area (Å²) in [5.41, 5.74) is 7.02. The van der Waals surface area contributed by atoms with Gasteiger partial charge in [0.15, 0.2) is 5.82 Å². The molecular formula is C14H13N3S. The SMILES string of the molecule is CCc1cc2c(N)nc(-c3ccccc3)nc2s1. The molecule has 0 fully saturated rings. The minimum Gasteiger partial charge on any atom is -0.383 e. The molecule has 0 radical (unpaired) electrons. The normalized spacial score (nSPS) is 10.9. The first-order chi connectivity index (χ1) is 8.78. The first-order valence-electron chi connectivity index (χ1n) is 5.89. The molecule has 0 amide bonds. The molecule has 0 spiro atoms. The van der Waals surface area contributed by atoms with Gasteiger partial charge in [0, 0.05) is 10.4 Å². The average molecular weight is 255 g/mol. The molecule has 3 aromatic rings. The second kappa shape index (κ2) is 4.38. The molecule has 1 aromatic carbocycles. The highest BCUT2D eigenvalue weighted by molar-refractivity contribution is 7.18. The number of aromatic nitrogens is 2. The largest absolute Gasteiger partial charge is 0.383 e. The number of rotatable bonds is 2. The smallest absolute Gasteiger partial charge is 0.163 e. The van der Waals surface area contributed by atoms with Crippen molar-refractivity contribution >= 4 is 27.4 Å². The summed E-state index contributed by atoms with van der Waals surface area (Å²) in [4.78, 5) is 11.3. The maximum atomic E-state index is 6.02. The zero-order valence-corrected chi connectivity index (χ0v) is 10.9. The van der Waals surface area contributed by atoms with Gasteiger partial charge in [-0.2, -0.15) is 0 Å². The monoisotopic (exact) mass is 255 g/mol. The Morgan fingerprint density at radius 3 is 2.67 bits per heavy atom. The lowest BCUT2D eigenvalue weighted by molar-refractivity contribution is 1.19. The summed E-state index contributed by atoms with van der Waals surface area (Å²) in [6, 6.07) is 12.0. The molecule has 4 heteroatoms. The fraction of sp³-hybridized carbons (Fsp3) is 0.143. The lowest BCUT2D eigenvalue weighted by Crippen LogP contribution is -1.95. The van der Waals surface area contributed by atoms with Crippen LogP contribution in [0.25, 0.3) is 21.6 Å². The number of nitrogens with zero attached hydrogens (tertiary/aromatic N) is 2. The molecule has 0 atom stereocenters. The number of hydrogen-bond donors (Lipinski definition) is 1. The molecule has 0 aliphatic carbocycles. The van der Waals surface area contributed by atoms with Gasteiger partial charge >= 0.3 is 0 Å². The van der Waals surface area contributed by atoms with Crippen molar-refractivity contribution in [3.63, 3.8) is 0 Å². The van der Waals surface area contributed by atoms with Crippen LogP contribution in [0.2, 0.25) is 0 Å². The number of anilines is 1. The van der Waals surface area contributed by atoms with Crippen LogP contribution < -0.4 is 5.73 Å². The van der Waals surface area contributed by atoms with E-state index in [-0.39, 0.29) is 0 Å². The lowest BCUT2D eigenvalue weighted by Gasteiger charge is -2.01. The minimum atomic E-state index is 0.565. The molecule has 2 heterocycles. The quantitative estimate of drug-likeness (QED) is 0.762. The Morgan fingerprint density at radius 2 is 1.94 bits per heavy atom. The minimum absolute atomic E-state index is 0.565. The van der Waals surface area contributed by atoms with Crippen molar-refractivity contribution in [3.05, 3.63) is 41.3 Å². The van der Waals surface area contributed by atoms with Gasteiger partial charge in [-0.3, -0.25) is 0 Å². The van der Waals surface area contributed by atoms with Gasteiger partial charge in [-0.15, -0.1) is 11.3 Å². The summed E-state index contributed by atoms with van der Waals surface area (Å²) in [6.45, 7) is 2.13. The van der Waals surface area contributed by atoms with E-state index >= 15 is 0 Å². The average Bonchev–Trinajstić information content (AvgIpc) is 2.83. The fourth-order valence-electron chi connectivity index (χ4n) is 1.88. The molecule has 0 aliphatic heterocycles. The third kappa shape index (κ3) is 1.84. The zero-order chi connectivity index (χ0) is 12.5. The summed E-state index contributed by atoms with van der Waals surface area (Å²) >= 11 is 1.69. The molecule has 90 valence electrons. The molecule has 18 heavy (non-hydrogen) atoms. The number of fused-ring (bicyclic) bond motifs is 1. The van der Waals surface area contributed by atoms with Gasteiger partial charge < -0.3 is 5.73 Å². The predicted molar refractivity (Wildman–Crippen MR) is 76.6 cm³/mol. The van der Waals surface area contributed by atoms with Crippen LogP contribution in [-0.4, -0.2) is 9.97 Å². The number of aryl methyl sites for hydroxylation is 1.